The Balaban J connectivity index is 1.84. The highest BCUT2D eigenvalue weighted by Crippen LogP contribution is 2.37. The van der Waals surface area contributed by atoms with E-state index >= 15 is 0 Å². The fourth-order valence-corrected chi connectivity index (χ4v) is 4.26. The van der Waals surface area contributed by atoms with Gasteiger partial charge in [0.05, 0.1) is 0 Å². The van der Waals surface area contributed by atoms with E-state index in [0.29, 0.717) is 12.1 Å². The van der Waals surface area contributed by atoms with Gasteiger partial charge in [0.2, 0.25) is 0 Å². The van der Waals surface area contributed by atoms with Crippen LogP contribution in [0.15, 0.2) is 0 Å². The molecule has 0 amide bonds. The zero-order valence-electron chi connectivity index (χ0n) is 12.7. The lowest BCUT2D eigenvalue weighted by Crippen LogP contribution is -2.25. The van der Waals surface area contributed by atoms with E-state index in [9.17, 15) is 0 Å². The first-order valence-corrected chi connectivity index (χ1v) is 8.77. The van der Waals surface area contributed by atoms with Crippen molar-refractivity contribution in [2.24, 2.45) is 23.3 Å². The maximum atomic E-state index is 6.22. The Labute approximate surface area is 119 Å². The maximum absolute atomic E-state index is 6.22. The Hall–Kier alpha value is -0.0800. The van der Waals surface area contributed by atoms with E-state index in [-0.39, 0.29) is 0 Å². The Morgan fingerprint density at radius 3 is 1.16 bits per heavy atom. The zero-order valence-corrected chi connectivity index (χ0v) is 12.7. The van der Waals surface area contributed by atoms with E-state index in [1.165, 1.54) is 83.5 Å². The van der Waals surface area contributed by atoms with Crippen LogP contribution in [-0.2, 0) is 0 Å². The second-order valence-corrected chi connectivity index (χ2v) is 7.12. The van der Waals surface area contributed by atoms with Gasteiger partial charge in [-0.05, 0) is 37.5 Å². The van der Waals surface area contributed by atoms with Crippen molar-refractivity contribution >= 4 is 0 Å². The minimum atomic E-state index is 0.427. The van der Waals surface area contributed by atoms with Gasteiger partial charge in [-0.3, -0.25) is 0 Å². The zero-order chi connectivity index (χ0) is 13.5. The molecular formula is C17H34N2. The summed E-state index contributed by atoms with van der Waals surface area (Å²) in [5.41, 5.74) is 12.4. The van der Waals surface area contributed by atoms with Gasteiger partial charge in [0.25, 0.3) is 0 Å². The van der Waals surface area contributed by atoms with Crippen LogP contribution in [0.5, 0.6) is 0 Å². The molecule has 0 saturated heterocycles. The third kappa shape index (κ3) is 5.43. The van der Waals surface area contributed by atoms with Gasteiger partial charge in [0.15, 0.2) is 0 Å². The molecule has 112 valence electrons. The molecule has 0 aromatic heterocycles. The monoisotopic (exact) mass is 266 g/mol. The number of hydrogen-bond donors (Lipinski definition) is 2. The fourth-order valence-electron chi connectivity index (χ4n) is 4.26. The number of hydrogen-bond acceptors (Lipinski definition) is 2. The maximum Gasteiger partial charge on any atom is 0.00388 e. The Morgan fingerprint density at radius 2 is 0.737 bits per heavy atom. The van der Waals surface area contributed by atoms with Crippen LogP contribution in [0.2, 0.25) is 0 Å². The van der Waals surface area contributed by atoms with Crippen LogP contribution in [0.25, 0.3) is 0 Å². The molecular weight excluding hydrogens is 232 g/mol. The van der Waals surface area contributed by atoms with Gasteiger partial charge in [0.1, 0.15) is 0 Å². The van der Waals surface area contributed by atoms with E-state index in [4.69, 9.17) is 11.5 Å². The highest BCUT2D eigenvalue weighted by molar-refractivity contribution is 4.78. The van der Waals surface area contributed by atoms with Crippen molar-refractivity contribution in [3.63, 3.8) is 0 Å². The molecule has 2 saturated carbocycles. The molecule has 0 aliphatic heterocycles. The molecule has 2 rings (SSSR count). The SMILES string of the molecule is N[C@@H]1CCC[C@H](N)CCC[C@H](C2CCCC2)CCC1. The molecule has 0 unspecified atom stereocenters. The molecule has 0 spiro atoms. The summed E-state index contributed by atoms with van der Waals surface area (Å²) in [6.45, 7) is 0. The molecule has 3 atom stereocenters. The van der Waals surface area contributed by atoms with E-state index in [1.54, 1.807) is 0 Å². The van der Waals surface area contributed by atoms with Crippen LogP contribution in [0.4, 0.5) is 0 Å². The topological polar surface area (TPSA) is 52.0 Å². The van der Waals surface area contributed by atoms with Crippen LogP contribution >= 0.6 is 0 Å². The lowest BCUT2D eigenvalue weighted by atomic mass is 9.81. The molecule has 2 aliphatic carbocycles. The van der Waals surface area contributed by atoms with E-state index in [0.717, 1.165) is 11.8 Å². The quantitative estimate of drug-likeness (QED) is 0.754. The number of rotatable bonds is 1. The average Bonchev–Trinajstić information content (AvgIpc) is 2.89. The summed E-state index contributed by atoms with van der Waals surface area (Å²) in [6.07, 6.45) is 17.5. The lowest BCUT2D eigenvalue weighted by molar-refractivity contribution is 0.272. The molecule has 0 heterocycles. The summed E-state index contributed by atoms with van der Waals surface area (Å²) in [5, 5.41) is 0. The summed E-state index contributed by atoms with van der Waals surface area (Å²) < 4.78 is 0. The highest BCUT2D eigenvalue weighted by atomic mass is 14.6. The third-order valence-corrected chi connectivity index (χ3v) is 5.52. The van der Waals surface area contributed by atoms with Gasteiger partial charge in [-0.25, -0.2) is 0 Å². The molecule has 0 radical (unpaired) electrons. The Bertz CT molecular complexity index is 219. The van der Waals surface area contributed by atoms with Gasteiger partial charge >= 0.3 is 0 Å². The molecule has 4 N–H and O–H groups in total. The van der Waals surface area contributed by atoms with Crippen LogP contribution in [0.1, 0.15) is 83.5 Å². The summed E-state index contributed by atoms with van der Waals surface area (Å²) >= 11 is 0. The largest absolute Gasteiger partial charge is 0.328 e. The summed E-state index contributed by atoms with van der Waals surface area (Å²) in [4.78, 5) is 0. The van der Waals surface area contributed by atoms with Crippen molar-refractivity contribution in [1.29, 1.82) is 0 Å². The second kappa shape index (κ2) is 8.26. The van der Waals surface area contributed by atoms with Crippen LogP contribution in [-0.4, -0.2) is 12.1 Å². The first-order valence-electron chi connectivity index (χ1n) is 8.77. The fraction of sp³-hybridized carbons (Fsp3) is 1.00. The van der Waals surface area contributed by atoms with Crippen molar-refractivity contribution in [3.8, 4) is 0 Å². The van der Waals surface area contributed by atoms with E-state index in [2.05, 4.69) is 0 Å². The minimum absolute atomic E-state index is 0.427. The van der Waals surface area contributed by atoms with Crippen molar-refractivity contribution in [2.75, 3.05) is 0 Å². The second-order valence-electron chi connectivity index (χ2n) is 7.12. The standard InChI is InChI=1S/C17H34N2/c18-16-10-3-8-15(14-6-1-2-7-14)9-4-11-17(19)13-5-12-16/h14-17H,1-13,18-19H2/t15-,16+,17-. The van der Waals surface area contributed by atoms with Crippen LogP contribution in [0, 0.1) is 11.8 Å². The molecule has 2 heteroatoms. The van der Waals surface area contributed by atoms with E-state index in [1.807, 2.05) is 0 Å². The summed E-state index contributed by atoms with van der Waals surface area (Å²) in [7, 11) is 0. The Morgan fingerprint density at radius 1 is 0.421 bits per heavy atom. The first kappa shape index (κ1) is 15.3. The molecule has 2 nitrogen and oxygen atoms in total. The minimum Gasteiger partial charge on any atom is -0.328 e. The molecule has 2 fully saturated rings. The Kier molecular flexibility index (Phi) is 6.66. The van der Waals surface area contributed by atoms with Gasteiger partial charge in [-0.1, -0.05) is 57.8 Å². The third-order valence-electron chi connectivity index (χ3n) is 5.52. The predicted molar refractivity (Wildman–Crippen MR) is 83.0 cm³/mol. The van der Waals surface area contributed by atoms with Crippen molar-refractivity contribution in [1.82, 2.24) is 0 Å². The lowest BCUT2D eigenvalue weighted by Gasteiger charge is -2.25. The molecule has 0 bridgehead atoms. The van der Waals surface area contributed by atoms with Gasteiger partial charge < -0.3 is 11.5 Å². The van der Waals surface area contributed by atoms with Gasteiger partial charge in [0, 0.05) is 12.1 Å². The van der Waals surface area contributed by atoms with E-state index < -0.39 is 0 Å². The molecule has 2 aliphatic rings. The summed E-state index contributed by atoms with van der Waals surface area (Å²) in [6, 6.07) is 0.853. The molecule has 19 heavy (non-hydrogen) atoms. The normalized spacial score (nSPS) is 36.6. The van der Waals surface area contributed by atoms with Crippen molar-refractivity contribution in [2.45, 2.75) is 95.6 Å². The highest BCUT2D eigenvalue weighted by Gasteiger charge is 2.24. The van der Waals surface area contributed by atoms with Crippen LogP contribution in [0.3, 0.4) is 0 Å². The average molecular weight is 266 g/mol. The number of nitrogens with two attached hydrogens (primary N) is 2. The van der Waals surface area contributed by atoms with Crippen LogP contribution < -0.4 is 11.5 Å². The smallest absolute Gasteiger partial charge is 0.00388 e. The van der Waals surface area contributed by atoms with Crippen molar-refractivity contribution in [3.05, 3.63) is 0 Å². The molecule has 0 aromatic carbocycles. The summed E-state index contributed by atoms with van der Waals surface area (Å²) in [5.74, 6) is 2.00. The van der Waals surface area contributed by atoms with Gasteiger partial charge in [-0.2, -0.15) is 0 Å². The van der Waals surface area contributed by atoms with Gasteiger partial charge in [-0.15, -0.1) is 0 Å². The first-order chi connectivity index (χ1) is 9.25. The predicted octanol–water partition coefficient (Wildman–Crippen LogP) is 3.97. The molecule has 0 aromatic rings. The van der Waals surface area contributed by atoms with Crippen molar-refractivity contribution < 1.29 is 0 Å².